The average Bonchev–Trinajstić information content (AvgIpc) is 2.37. The van der Waals surface area contributed by atoms with Gasteiger partial charge in [-0.25, -0.2) is 0 Å². The number of piperidine rings is 1. The minimum absolute atomic E-state index is 0.148. The molecule has 2 N–H and O–H groups in total. The Labute approximate surface area is 115 Å². The lowest BCUT2D eigenvalue weighted by molar-refractivity contribution is -0.137. The topological polar surface area (TPSA) is 46.3 Å². The SMILES string of the molecule is CC1CC(C(N)=O)CCN1c1ccccc1C(F)(F)F. The molecule has 2 rings (SSSR count). The van der Waals surface area contributed by atoms with E-state index >= 15 is 0 Å². The van der Waals surface area contributed by atoms with Crippen LogP contribution in [-0.2, 0) is 11.0 Å². The highest BCUT2D eigenvalue weighted by molar-refractivity contribution is 5.77. The Kier molecular flexibility index (Phi) is 3.92. The Hall–Kier alpha value is -1.72. The zero-order chi connectivity index (χ0) is 14.9. The van der Waals surface area contributed by atoms with Crippen LogP contribution < -0.4 is 10.6 Å². The molecule has 3 nitrogen and oxygen atoms in total. The van der Waals surface area contributed by atoms with E-state index < -0.39 is 11.7 Å². The fraction of sp³-hybridized carbons (Fsp3) is 0.500. The van der Waals surface area contributed by atoms with Crippen LogP contribution in [0.2, 0.25) is 0 Å². The Morgan fingerprint density at radius 2 is 2.00 bits per heavy atom. The molecule has 1 aromatic carbocycles. The van der Waals surface area contributed by atoms with Gasteiger partial charge in [-0.3, -0.25) is 4.79 Å². The predicted molar refractivity (Wildman–Crippen MR) is 70.2 cm³/mol. The predicted octanol–water partition coefficient (Wildman–Crippen LogP) is 2.80. The number of halogens is 3. The molecule has 0 spiro atoms. The van der Waals surface area contributed by atoms with Crippen molar-refractivity contribution in [1.29, 1.82) is 0 Å². The number of nitrogens with two attached hydrogens (primary N) is 1. The normalized spacial score (nSPS) is 23.7. The lowest BCUT2D eigenvalue weighted by atomic mass is 9.90. The second-order valence-electron chi connectivity index (χ2n) is 5.18. The number of hydrogen-bond acceptors (Lipinski definition) is 2. The van der Waals surface area contributed by atoms with Crippen molar-refractivity contribution in [1.82, 2.24) is 0 Å². The van der Waals surface area contributed by atoms with Crippen molar-refractivity contribution in [3.05, 3.63) is 29.8 Å². The number of hydrogen-bond donors (Lipinski definition) is 1. The van der Waals surface area contributed by atoms with E-state index in [2.05, 4.69) is 0 Å². The Morgan fingerprint density at radius 3 is 2.55 bits per heavy atom. The molecule has 6 heteroatoms. The fourth-order valence-corrected chi connectivity index (χ4v) is 2.75. The van der Waals surface area contributed by atoms with Gasteiger partial charge in [-0.1, -0.05) is 12.1 Å². The van der Waals surface area contributed by atoms with Gasteiger partial charge in [-0.05, 0) is 31.9 Å². The van der Waals surface area contributed by atoms with Gasteiger partial charge in [-0.15, -0.1) is 0 Å². The Morgan fingerprint density at radius 1 is 1.35 bits per heavy atom. The fourth-order valence-electron chi connectivity index (χ4n) is 2.75. The van der Waals surface area contributed by atoms with Crippen molar-refractivity contribution in [2.75, 3.05) is 11.4 Å². The van der Waals surface area contributed by atoms with Gasteiger partial charge in [0.15, 0.2) is 0 Å². The van der Waals surface area contributed by atoms with Crippen LogP contribution in [-0.4, -0.2) is 18.5 Å². The van der Waals surface area contributed by atoms with Crippen molar-refractivity contribution < 1.29 is 18.0 Å². The van der Waals surface area contributed by atoms with Gasteiger partial charge in [0, 0.05) is 24.2 Å². The molecular formula is C14H17F3N2O. The Bertz CT molecular complexity index is 501. The van der Waals surface area contributed by atoms with Crippen LogP contribution in [0.3, 0.4) is 0 Å². The first-order valence-electron chi connectivity index (χ1n) is 6.53. The van der Waals surface area contributed by atoms with E-state index in [4.69, 9.17) is 5.73 Å². The smallest absolute Gasteiger partial charge is 0.369 e. The first kappa shape index (κ1) is 14.7. The van der Waals surface area contributed by atoms with E-state index in [1.54, 1.807) is 11.0 Å². The summed E-state index contributed by atoms with van der Waals surface area (Å²) in [6, 6.07) is 5.39. The van der Waals surface area contributed by atoms with Gasteiger partial charge in [0.05, 0.1) is 5.56 Å². The first-order valence-corrected chi connectivity index (χ1v) is 6.53. The molecule has 2 unspecified atom stereocenters. The third kappa shape index (κ3) is 2.89. The van der Waals surface area contributed by atoms with Crippen molar-refractivity contribution in [3.8, 4) is 0 Å². The van der Waals surface area contributed by atoms with Crippen LogP contribution in [0.25, 0.3) is 0 Å². The van der Waals surface area contributed by atoms with Gasteiger partial charge in [-0.2, -0.15) is 13.2 Å². The lowest BCUT2D eigenvalue weighted by Gasteiger charge is -2.39. The zero-order valence-electron chi connectivity index (χ0n) is 11.2. The third-order valence-corrected chi connectivity index (χ3v) is 3.80. The highest BCUT2D eigenvalue weighted by atomic mass is 19.4. The molecule has 0 saturated carbocycles. The van der Waals surface area contributed by atoms with E-state index in [0.29, 0.717) is 19.4 Å². The summed E-state index contributed by atoms with van der Waals surface area (Å²) in [6.45, 7) is 2.23. The standard InChI is InChI=1S/C14H17F3N2O/c1-9-8-10(13(18)20)6-7-19(9)12-5-3-2-4-11(12)14(15,16)17/h2-5,9-10H,6-8H2,1H3,(H2,18,20). The summed E-state index contributed by atoms with van der Waals surface area (Å²) in [5.41, 5.74) is 4.82. The maximum Gasteiger partial charge on any atom is 0.418 e. The van der Waals surface area contributed by atoms with E-state index in [9.17, 15) is 18.0 Å². The second kappa shape index (κ2) is 5.34. The molecule has 0 bridgehead atoms. The van der Waals surface area contributed by atoms with Gasteiger partial charge in [0.1, 0.15) is 0 Å². The van der Waals surface area contributed by atoms with Crippen molar-refractivity contribution in [3.63, 3.8) is 0 Å². The molecule has 0 radical (unpaired) electrons. The summed E-state index contributed by atoms with van der Waals surface area (Å²) in [5, 5.41) is 0. The van der Waals surface area contributed by atoms with Gasteiger partial charge in [0.25, 0.3) is 0 Å². The minimum Gasteiger partial charge on any atom is -0.369 e. The molecule has 1 heterocycles. The number of primary amides is 1. The number of anilines is 1. The van der Waals surface area contributed by atoms with Gasteiger partial charge in [0.2, 0.25) is 5.91 Å². The van der Waals surface area contributed by atoms with Crippen molar-refractivity contribution in [2.45, 2.75) is 32.0 Å². The maximum atomic E-state index is 13.0. The van der Waals surface area contributed by atoms with Crippen LogP contribution in [0.5, 0.6) is 0 Å². The maximum absolute atomic E-state index is 13.0. The van der Waals surface area contributed by atoms with E-state index in [0.717, 1.165) is 6.07 Å². The number of carbonyl (C=O) groups excluding carboxylic acids is 1. The first-order chi connectivity index (χ1) is 9.30. The number of benzene rings is 1. The molecule has 2 atom stereocenters. The number of para-hydroxylation sites is 1. The number of rotatable bonds is 2. The third-order valence-electron chi connectivity index (χ3n) is 3.80. The summed E-state index contributed by atoms with van der Waals surface area (Å²) >= 11 is 0. The average molecular weight is 286 g/mol. The molecular weight excluding hydrogens is 269 g/mol. The summed E-state index contributed by atoms with van der Waals surface area (Å²) in [4.78, 5) is 12.9. The second-order valence-corrected chi connectivity index (χ2v) is 5.18. The summed E-state index contributed by atoms with van der Waals surface area (Å²) in [6.07, 6.45) is -3.40. The number of alkyl halides is 3. The van der Waals surface area contributed by atoms with Crippen molar-refractivity contribution >= 4 is 11.6 Å². The molecule has 0 aliphatic carbocycles. The van der Waals surface area contributed by atoms with E-state index in [1.165, 1.54) is 12.1 Å². The quantitative estimate of drug-likeness (QED) is 0.908. The largest absolute Gasteiger partial charge is 0.418 e. The molecule has 1 fully saturated rings. The molecule has 1 saturated heterocycles. The van der Waals surface area contributed by atoms with Crippen LogP contribution in [0.15, 0.2) is 24.3 Å². The lowest BCUT2D eigenvalue weighted by Crippen LogP contribution is -2.44. The van der Waals surface area contributed by atoms with Crippen LogP contribution >= 0.6 is 0 Å². The molecule has 1 aromatic rings. The summed E-state index contributed by atoms with van der Waals surface area (Å²) in [7, 11) is 0. The minimum atomic E-state index is -4.38. The molecule has 1 aliphatic rings. The van der Waals surface area contributed by atoms with E-state index in [1.807, 2.05) is 6.92 Å². The summed E-state index contributed by atoms with van der Waals surface area (Å²) < 4.78 is 39.1. The highest BCUT2D eigenvalue weighted by Gasteiger charge is 2.37. The molecule has 0 aromatic heterocycles. The number of nitrogens with zero attached hydrogens (tertiary/aromatic N) is 1. The molecule has 1 amide bonds. The molecule has 110 valence electrons. The molecule has 20 heavy (non-hydrogen) atoms. The molecule has 1 aliphatic heterocycles. The zero-order valence-corrected chi connectivity index (χ0v) is 11.2. The van der Waals surface area contributed by atoms with E-state index in [-0.39, 0.29) is 23.6 Å². The van der Waals surface area contributed by atoms with Gasteiger partial charge < -0.3 is 10.6 Å². The Balaban J connectivity index is 2.27. The van der Waals surface area contributed by atoms with Crippen LogP contribution in [0.4, 0.5) is 18.9 Å². The number of amides is 1. The van der Waals surface area contributed by atoms with Crippen LogP contribution in [0.1, 0.15) is 25.3 Å². The van der Waals surface area contributed by atoms with Crippen molar-refractivity contribution in [2.24, 2.45) is 11.7 Å². The summed E-state index contributed by atoms with van der Waals surface area (Å²) in [5.74, 6) is -0.625. The number of carbonyl (C=O) groups is 1. The van der Waals surface area contributed by atoms with Crippen LogP contribution in [0, 0.1) is 5.92 Å². The van der Waals surface area contributed by atoms with Gasteiger partial charge >= 0.3 is 6.18 Å². The highest BCUT2D eigenvalue weighted by Crippen LogP contribution is 2.39. The monoisotopic (exact) mass is 286 g/mol.